The van der Waals surface area contributed by atoms with Gasteiger partial charge in [-0.1, -0.05) is 75.4 Å². The summed E-state index contributed by atoms with van der Waals surface area (Å²) in [5, 5.41) is 3.48. The van der Waals surface area contributed by atoms with E-state index in [1.54, 1.807) is 0 Å². The quantitative estimate of drug-likeness (QED) is 0.714. The highest BCUT2D eigenvalue weighted by molar-refractivity contribution is 6.09. The second-order valence-corrected chi connectivity index (χ2v) is 5.46. The lowest BCUT2D eigenvalue weighted by Gasteiger charge is -2.26. The maximum Gasteiger partial charge on any atom is 0.122 e. The van der Waals surface area contributed by atoms with Crippen LogP contribution in [0.15, 0.2) is 71.4 Å². The van der Waals surface area contributed by atoms with Gasteiger partial charge in [0.25, 0.3) is 0 Å². The Bertz CT molecular complexity index is 565. The van der Waals surface area contributed by atoms with Crippen LogP contribution in [-0.4, -0.2) is 11.9 Å². The molecule has 2 rings (SSSR count). The fourth-order valence-electron chi connectivity index (χ4n) is 2.35. The van der Waals surface area contributed by atoms with Crippen LogP contribution >= 0.6 is 0 Å². The van der Waals surface area contributed by atoms with Crippen LogP contribution in [-0.2, 0) is 0 Å². The van der Waals surface area contributed by atoms with Gasteiger partial charge >= 0.3 is 0 Å². The van der Waals surface area contributed by atoms with Gasteiger partial charge in [-0.3, -0.25) is 4.99 Å². The van der Waals surface area contributed by atoms with Crippen molar-refractivity contribution in [2.45, 2.75) is 47.2 Å². The van der Waals surface area contributed by atoms with Crippen molar-refractivity contribution in [3.05, 3.63) is 72.0 Å². The average Bonchev–Trinajstić information content (AvgIpc) is 2.60. The summed E-state index contributed by atoms with van der Waals surface area (Å²) in [5.74, 6) is 0.453. The highest BCUT2D eigenvalue weighted by Crippen LogP contribution is 2.18. The third-order valence-electron chi connectivity index (χ3n) is 3.56. The summed E-state index contributed by atoms with van der Waals surface area (Å²) >= 11 is 0. The highest BCUT2D eigenvalue weighted by atomic mass is 15.1. The minimum atomic E-state index is 0.139. The second-order valence-electron chi connectivity index (χ2n) is 5.46. The molecule has 124 valence electrons. The van der Waals surface area contributed by atoms with E-state index in [0.717, 1.165) is 12.1 Å². The number of rotatable bonds is 5. The molecule has 23 heavy (non-hydrogen) atoms. The lowest BCUT2D eigenvalue weighted by atomic mass is 10.0. The Morgan fingerprint density at radius 2 is 1.87 bits per heavy atom. The van der Waals surface area contributed by atoms with Crippen LogP contribution in [0.2, 0.25) is 0 Å². The van der Waals surface area contributed by atoms with E-state index >= 15 is 0 Å². The Balaban J connectivity index is 0.00000127. The molecule has 0 saturated heterocycles. The zero-order valence-electron chi connectivity index (χ0n) is 15.1. The van der Waals surface area contributed by atoms with Crippen molar-refractivity contribution in [1.29, 1.82) is 0 Å². The largest absolute Gasteiger partial charge is 0.367 e. The Hall–Kier alpha value is -2.09. The molecule has 0 bridgehead atoms. The molecule has 1 aliphatic heterocycles. The third kappa shape index (κ3) is 6.27. The molecule has 0 amide bonds. The zero-order chi connectivity index (χ0) is 17.1. The molecule has 1 aromatic rings. The summed E-state index contributed by atoms with van der Waals surface area (Å²) in [7, 11) is 0. The first-order chi connectivity index (χ1) is 11.2. The zero-order valence-corrected chi connectivity index (χ0v) is 15.1. The Morgan fingerprint density at radius 1 is 1.17 bits per heavy atom. The van der Waals surface area contributed by atoms with Crippen LogP contribution in [0.5, 0.6) is 0 Å². The van der Waals surface area contributed by atoms with Crippen LogP contribution < -0.4 is 5.32 Å². The topological polar surface area (TPSA) is 24.4 Å². The number of benzene rings is 1. The summed E-state index contributed by atoms with van der Waals surface area (Å²) in [5.41, 5.74) is 3.43. The number of allylic oxidation sites excluding steroid dienone is 6. The average molecular weight is 310 g/mol. The van der Waals surface area contributed by atoms with Gasteiger partial charge in [0.15, 0.2) is 0 Å². The van der Waals surface area contributed by atoms with Crippen LogP contribution in [0.4, 0.5) is 0 Å². The number of nitrogens with one attached hydrogen (secondary N) is 1. The molecule has 1 aliphatic rings. The Labute approximate surface area is 141 Å². The molecule has 0 saturated carbocycles. The number of hydrogen-bond donors (Lipinski definition) is 1. The number of aliphatic imine (C=N–C) groups is 1. The molecule has 0 spiro atoms. The molecule has 2 nitrogen and oxygen atoms in total. The molecule has 2 heteroatoms. The first kappa shape index (κ1) is 19.0. The van der Waals surface area contributed by atoms with Gasteiger partial charge in [-0.2, -0.15) is 0 Å². The van der Waals surface area contributed by atoms with Crippen molar-refractivity contribution in [2.75, 3.05) is 0 Å². The van der Waals surface area contributed by atoms with Gasteiger partial charge in [0.1, 0.15) is 6.17 Å². The standard InChI is InChI=1S/C19H24N2.C2H6/c1-4-5-6-8-11-15(2)19-20-16(3)14-18(21-19)17-12-9-7-10-13-17;1-2/h4-10,12-15,19-20H,11H2,1-3H3;1-2H3/b5-4-,8-6-;. The minimum absolute atomic E-state index is 0.139. The van der Waals surface area contributed by atoms with E-state index in [1.807, 2.05) is 32.9 Å². The van der Waals surface area contributed by atoms with E-state index < -0.39 is 0 Å². The molecule has 1 N–H and O–H groups in total. The van der Waals surface area contributed by atoms with Gasteiger partial charge in [0, 0.05) is 11.6 Å². The smallest absolute Gasteiger partial charge is 0.122 e. The van der Waals surface area contributed by atoms with Crippen molar-refractivity contribution in [3.8, 4) is 0 Å². The fraction of sp³-hybridized carbons (Fsp3) is 0.381. The van der Waals surface area contributed by atoms with E-state index in [2.05, 4.69) is 67.7 Å². The van der Waals surface area contributed by atoms with Crippen molar-refractivity contribution in [1.82, 2.24) is 5.32 Å². The molecular formula is C21H30N2. The lowest BCUT2D eigenvalue weighted by molar-refractivity contribution is 0.415. The summed E-state index contributed by atoms with van der Waals surface area (Å²) in [4.78, 5) is 4.88. The van der Waals surface area contributed by atoms with E-state index in [9.17, 15) is 0 Å². The van der Waals surface area contributed by atoms with Crippen LogP contribution in [0.1, 0.15) is 46.6 Å². The Kier molecular flexibility index (Phi) is 8.74. The van der Waals surface area contributed by atoms with Crippen molar-refractivity contribution in [2.24, 2.45) is 10.9 Å². The molecule has 1 aromatic carbocycles. The van der Waals surface area contributed by atoms with Gasteiger partial charge in [0.2, 0.25) is 0 Å². The summed E-state index contributed by atoms with van der Waals surface area (Å²) < 4.78 is 0. The van der Waals surface area contributed by atoms with Gasteiger partial charge in [0.05, 0.1) is 5.71 Å². The van der Waals surface area contributed by atoms with Gasteiger partial charge in [-0.25, -0.2) is 0 Å². The molecule has 0 aliphatic carbocycles. The predicted octanol–water partition coefficient (Wildman–Crippen LogP) is 5.49. The molecule has 1 heterocycles. The van der Waals surface area contributed by atoms with Gasteiger partial charge in [-0.05, 0) is 31.9 Å². The molecule has 2 unspecified atom stereocenters. The van der Waals surface area contributed by atoms with E-state index in [0.29, 0.717) is 5.92 Å². The summed E-state index contributed by atoms with van der Waals surface area (Å²) in [6.07, 6.45) is 11.7. The van der Waals surface area contributed by atoms with Crippen molar-refractivity contribution in [3.63, 3.8) is 0 Å². The summed E-state index contributed by atoms with van der Waals surface area (Å²) in [6.45, 7) is 10.4. The Morgan fingerprint density at radius 3 is 2.52 bits per heavy atom. The highest BCUT2D eigenvalue weighted by Gasteiger charge is 2.19. The maximum absolute atomic E-state index is 4.88. The number of hydrogen-bond acceptors (Lipinski definition) is 2. The minimum Gasteiger partial charge on any atom is -0.367 e. The molecule has 0 radical (unpaired) electrons. The molecule has 0 aromatic heterocycles. The normalized spacial score (nSPS) is 18.7. The second kappa shape index (κ2) is 10.6. The molecule has 0 fully saturated rings. The van der Waals surface area contributed by atoms with Crippen molar-refractivity contribution < 1.29 is 0 Å². The van der Waals surface area contributed by atoms with E-state index in [4.69, 9.17) is 4.99 Å². The third-order valence-corrected chi connectivity index (χ3v) is 3.56. The van der Waals surface area contributed by atoms with Crippen LogP contribution in [0.3, 0.4) is 0 Å². The van der Waals surface area contributed by atoms with E-state index in [1.165, 1.54) is 11.3 Å². The maximum atomic E-state index is 4.88. The van der Waals surface area contributed by atoms with Gasteiger partial charge < -0.3 is 5.32 Å². The predicted molar refractivity (Wildman–Crippen MR) is 103 cm³/mol. The monoisotopic (exact) mass is 310 g/mol. The first-order valence-corrected chi connectivity index (χ1v) is 8.56. The van der Waals surface area contributed by atoms with E-state index in [-0.39, 0.29) is 6.17 Å². The van der Waals surface area contributed by atoms with Crippen LogP contribution in [0.25, 0.3) is 0 Å². The van der Waals surface area contributed by atoms with Gasteiger partial charge in [-0.15, -0.1) is 0 Å². The fourth-order valence-corrected chi connectivity index (χ4v) is 2.35. The summed E-state index contributed by atoms with van der Waals surface area (Å²) in [6, 6.07) is 10.4. The van der Waals surface area contributed by atoms with Crippen molar-refractivity contribution >= 4 is 5.71 Å². The molecule has 2 atom stereocenters. The van der Waals surface area contributed by atoms with Crippen LogP contribution in [0, 0.1) is 5.92 Å². The lowest BCUT2D eigenvalue weighted by Crippen LogP contribution is -2.36. The molecular weight excluding hydrogens is 280 g/mol. The number of nitrogens with zero attached hydrogens (tertiary/aromatic N) is 1. The SMILES string of the molecule is C/C=C\C=C/CC(C)C1N=C(c2ccccc2)C=C(C)N1.CC. The first-order valence-electron chi connectivity index (χ1n) is 8.56.